The minimum atomic E-state index is -0.659. The van der Waals surface area contributed by atoms with Crippen LogP contribution in [0.15, 0.2) is 24.3 Å². The number of halogens is 1. The maximum absolute atomic E-state index is 13.2. The Morgan fingerprint density at radius 3 is 2.55 bits per heavy atom. The van der Waals surface area contributed by atoms with Gasteiger partial charge in [-0.05, 0) is 78.1 Å². The first-order valence-electron chi connectivity index (χ1n) is 11.9. The molecule has 2 aliphatic rings. The molecule has 1 aliphatic heterocycles. The molecule has 1 heterocycles. The summed E-state index contributed by atoms with van der Waals surface area (Å²) in [5.74, 6) is -0.742. The summed E-state index contributed by atoms with van der Waals surface area (Å²) in [5, 5.41) is 13.7. The molecular weight excluding hydrogens is 427 g/mol. The maximum Gasteiger partial charge on any atom is 0.410 e. The number of benzene rings is 1. The van der Waals surface area contributed by atoms with Crippen LogP contribution in [0, 0.1) is 11.7 Å². The van der Waals surface area contributed by atoms with Crippen LogP contribution in [0.25, 0.3) is 0 Å². The quantitative estimate of drug-likeness (QED) is 0.543. The lowest BCUT2D eigenvalue weighted by Crippen LogP contribution is -2.39. The van der Waals surface area contributed by atoms with Crippen molar-refractivity contribution in [2.75, 3.05) is 26.2 Å². The molecule has 186 valence electrons. The topological polar surface area (TPSA) is 80.3 Å². The Morgan fingerprint density at radius 2 is 1.88 bits per heavy atom. The number of carbonyl (C=O) groups is 1. The van der Waals surface area contributed by atoms with Gasteiger partial charge in [0.25, 0.3) is 0 Å². The van der Waals surface area contributed by atoms with E-state index in [0.29, 0.717) is 25.9 Å². The van der Waals surface area contributed by atoms with Gasteiger partial charge in [-0.1, -0.05) is 12.1 Å². The summed E-state index contributed by atoms with van der Waals surface area (Å²) >= 11 is 0. The zero-order chi connectivity index (χ0) is 24.2. The molecule has 1 aromatic carbocycles. The van der Waals surface area contributed by atoms with Gasteiger partial charge in [0, 0.05) is 25.6 Å². The molecule has 1 aromatic rings. The highest BCUT2D eigenvalue weighted by molar-refractivity contribution is 5.68. The summed E-state index contributed by atoms with van der Waals surface area (Å²) in [6.45, 7) is 11.8. The van der Waals surface area contributed by atoms with E-state index in [1.807, 2.05) is 34.6 Å². The molecule has 1 amide bonds. The number of hydrogen-bond donors (Lipinski definition) is 2. The van der Waals surface area contributed by atoms with Gasteiger partial charge in [0.05, 0.1) is 12.2 Å². The van der Waals surface area contributed by atoms with Gasteiger partial charge in [-0.25, -0.2) is 9.18 Å². The van der Waals surface area contributed by atoms with Gasteiger partial charge in [0.2, 0.25) is 0 Å². The first-order chi connectivity index (χ1) is 15.4. The molecule has 1 aliphatic carbocycles. The van der Waals surface area contributed by atoms with Crippen molar-refractivity contribution in [1.29, 1.82) is 0 Å². The average molecular weight is 467 g/mol. The molecule has 0 radical (unpaired) electrons. The van der Waals surface area contributed by atoms with Crippen molar-refractivity contribution in [2.45, 2.75) is 83.6 Å². The fourth-order valence-electron chi connectivity index (χ4n) is 4.48. The molecular formula is C25H39FN2O5. The van der Waals surface area contributed by atoms with Crippen molar-refractivity contribution in [2.24, 2.45) is 5.92 Å². The fraction of sp³-hybridized carbons (Fsp3) is 0.720. The monoisotopic (exact) mass is 466 g/mol. The number of amides is 1. The van der Waals surface area contributed by atoms with Crippen molar-refractivity contribution in [3.8, 4) is 0 Å². The van der Waals surface area contributed by atoms with Gasteiger partial charge in [0.1, 0.15) is 17.5 Å². The Labute approximate surface area is 196 Å². The van der Waals surface area contributed by atoms with Crippen LogP contribution in [-0.2, 0) is 20.6 Å². The van der Waals surface area contributed by atoms with Gasteiger partial charge in [0.15, 0.2) is 5.79 Å². The molecule has 2 fully saturated rings. The molecule has 8 heteroatoms. The highest BCUT2D eigenvalue weighted by Gasteiger charge is 2.53. The number of hydrogen-bond acceptors (Lipinski definition) is 6. The van der Waals surface area contributed by atoms with E-state index in [4.69, 9.17) is 14.2 Å². The summed E-state index contributed by atoms with van der Waals surface area (Å²) in [5.41, 5.74) is 0.402. The van der Waals surface area contributed by atoms with Gasteiger partial charge >= 0.3 is 6.09 Å². The summed E-state index contributed by atoms with van der Waals surface area (Å²) in [7, 11) is 0. The van der Waals surface area contributed by atoms with E-state index in [1.54, 1.807) is 17.0 Å². The Bertz CT molecular complexity index is 780. The second-order valence-electron chi connectivity index (χ2n) is 10.5. The third-order valence-electron chi connectivity index (χ3n) is 5.98. The fourth-order valence-corrected chi connectivity index (χ4v) is 4.48. The third kappa shape index (κ3) is 7.64. The van der Waals surface area contributed by atoms with Crippen LogP contribution in [0.5, 0.6) is 0 Å². The largest absolute Gasteiger partial charge is 0.444 e. The van der Waals surface area contributed by atoms with E-state index < -0.39 is 17.5 Å². The number of aliphatic hydroxyl groups is 1. The predicted molar refractivity (Wildman–Crippen MR) is 123 cm³/mol. The average Bonchev–Trinajstić information content (AvgIpc) is 3.17. The first-order valence-corrected chi connectivity index (χ1v) is 11.9. The molecule has 33 heavy (non-hydrogen) atoms. The number of ether oxygens (including phenoxy) is 3. The normalized spacial score (nSPS) is 26.3. The van der Waals surface area contributed by atoms with Crippen LogP contribution in [0.1, 0.15) is 53.0 Å². The Morgan fingerprint density at radius 1 is 1.21 bits per heavy atom. The number of nitrogens with zero attached hydrogens (tertiary/aromatic N) is 1. The highest BCUT2D eigenvalue weighted by atomic mass is 19.1. The van der Waals surface area contributed by atoms with Gasteiger partial charge in [-0.15, -0.1) is 0 Å². The SMILES string of the molecule is CC(C)(C)OC(=O)N(CCCNC[C@H]1C[C@H](O)[C@@H]2OC(C)(C)O[C@H]12)CCc1ccc(F)cc1. The molecule has 3 rings (SSSR count). The number of carbonyl (C=O) groups excluding carboxylic acids is 1. The van der Waals surface area contributed by atoms with Gasteiger partial charge < -0.3 is 29.5 Å². The zero-order valence-electron chi connectivity index (χ0n) is 20.5. The Hall–Kier alpha value is -1.74. The van der Waals surface area contributed by atoms with Crippen molar-refractivity contribution in [3.05, 3.63) is 35.6 Å². The van der Waals surface area contributed by atoms with Crippen molar-refractivity contribution < 1.29 is 28.5 Å². The van der Waals surface area contributed by atoms with E-state index in [2.05, 4.69) is 5.32 Å². The Kier molecular flexibility index (Phi) is 8.37. The van der Waals surface area contributed by atoms with Crippen molar-refractivity contribution in [3.63, 3.8) is 0 Å². The molecule has 0 spiro atoms. The predicted octanol–water partition coefficient (Wildman–Crippen LogP) is 3.49. The molecule has 7 nitrogen and oxygen atoms in total. The molecule has 4 atom stereocenters. The Balaban J connectivity index is 1.45. The lowest BCUT2D eigenvalue weighted by atomic mass is 10.1. The zero-order valence-corrected chi connectivity index (χ0v) is 20.5. The van der Waals surface area contributed by atoms with Crippen LogP contribution in [0.4, 0.5) is 9.18 Å². The van der Waals surface area contributed by atoms with E-state index in [1.165, 1.54) is 12.1 Å². The first kappa shape index (κ1) is 25.9. The lowest BCUT2D eigenvalue weighted by molar-refractivity contribution is -0.166. The molecule has 0 bridgehead atoms. The van der Waals surface area contributed by atoms with Gasteiger partial charge in [-0.3, -0.25) is 0 Å². The standard InChI is InChI=1S/C25H39FN2O5/c1-24(2,3)33-23(30)28(14-11-17-7-9-19(26)10-8-17)13-6-12-27-16-18-15-20(29)22-21(18)31-25(4,5)32-22/h7-10,18,20-22,27,29H,6,11-16H2,1-5H3/t18-,20+,21-,22+/m1/s1. The molecule has 2 N–H and O–H groups in total. The van der Waals surface area contributed by atoms with E-state index in [-0.39, 0.29) is 30.0 Å². The molecule has 1 saturated carbocycles. The van der Waals surface area contributed by atoms with E-state index >= 15 is 0 Å². The van der Waals surface area contributed by atoms with Crippen molar-refractivity contribution >= 4 is 6.09 Å². The summed E-state index contributed by atoms with van der Waals surface area (Å²) < 4.78 is 30.6. The van der Waals surface area contributed by atoms with Crippen LogP contribution < -0.4 is 5.32 Å². The molecule has 0 aromatic heterocycles. The second-order valence-corrected chi connectivity index (χ2v) is 10.5. The number of fused-ring (bicyclic) bond motifs is 1. The smallest absolute Gasteiger partial charge is 0.410 e. The summed E-state index contributed by atoms with van der Waals surface area (Å²) in [6.07, 6.45) is 0.832. The van der Waals surface area contributed by atoms with E-state index in [0.717, 1.165) is 25.1 Å². The number of nitrogens with one attached hydrogen (secondary N) is 1. The van der Waals surface area contributed by atoms with Crippen LogP contribution in [0.3, 0.4) is 0 Å². The summed E-state index contributed by atoms with van der Waals surface area (Å²) in [4.78, 5) is 14.4. The molecule has 1 saturated heterocycles. The summed E-state index contributed by atoms with van der Waals surface area (Å²) in [6, 6.07) is 6.34. The highest BCUT2D eigenvalue weighted by Crippen LogP contribution is 2.41. The van der Waals surface area contributed by atoms with Gasteiger partial charge in [-0.2, -0.15) is 0 Å². The molecule has 0 unspecified atom stereocenters. The lowest BCUT2D eigenvalue weighted by Gasteiger charge is -2.27. The van der Waals surface area contributed by atoms with Crippen LogP contribution in [0.2, 0.25) is 0 Å². The number of rotatable bonds is 9. The maximum atomic E-state index is 13.2. The second kappa shape index (κ2) is 10.7. The van der Waals surface area contributed by atoms with Crippen LogP contribution >= 0.6 is 0 Å². The van der Waals surface area contributed by atoms with Crippen molar-refractivity contribution in [1.82, 2.24) is 10.2 Å². The third-order valence-corrected chi connectivity index (χ3v) is 5.98. The van der Waals surface area contributed by atoms with E-state index in [9.17, 15) is 14.3 Å². The minimum Gasteiger partial charge on any atom is -0.444 e. The minimum absolute atomic E-state index is 0.100. The van der Waals surface area contributed by atoms with Crippen LogP contribution in [-0.4, -0.2) is 72.0 Å². The number of aliphatic hydroxyl groups excluding tert-OH is 1.